The van der Waals surface area contributed by atoms with Crippen molar-refractivity contribution in [1.82, 2.24) is 10.2 Å². The molecule has 1 fully saturated rings. The van der Waals surface area contributed by atoms with E-state index >= 15 is 0 Å². The number of hydrogen-bond acceptors (Lipinski definition) is 5. The van der Waals surface area contributed by atoms with E-state index in [4.69, 9.17) is 14.6 Å². The molecule has 8 nitrogen and oxygen atoms in total. The maximum atomic E-state index is 12.5. The quantitative estimate of drug-likeness (QED) is 0.618. The molecule has 160 valence electrons. The van der Waals surface area contributed by atoms with Crippen LogP contribution in [0.4, 0.5) is 4.79 Å². The van der Waals surface area contributed by atoms with Gasteiger partial charge >= 0.3 is 12.1 Å². The highest BCUT2D eigenvalue weighted by Crippen LogP contribution is 2.20. The molecule has 2 rings (SSSR count). The third-order valence-corrected chi connectivity index (χ3v) is 4.70. The van der Waals surface area contributed by atoms with E-state index in [1.165, 1.54) is 0 Å². The molecule has 1 aliphatic heterocycles. The van der Waals surface area contributed by atoms with Crippen molar-refractivity contribution in [2.75, 3.05) is 19.7 Å². The number of amides is 2. The highest BCUT2D eigenvalue weighted by Gasteiger charge is 2.32. The predicted octanol–water partition coefficient (Wildman–Crippen LogP) is 2.42. The average Bonchev–Trinajstić information content (AvgIpc) is 3.16. The molecule has 1 saturated heterocycles. The minimum atomic E-state index is -1.11. The van der Waals surface area contributed by atoms with Crippen LogP contribution < -0.4 is 5.32 Å². The Morgan fingerprint density at radius 3 is 2.62 bits per heavy atom. The summed E-state index contributed by atoms with van der Waals surface area (Å²) in [6, 6.07) is 9.30. The second kappa shape index (κ2) is 11.4. The molecule has 0 radical (unpaired) electrons. The minimum absolute atomic E-state index is 0.166. The van der Waals surface area contributed by atoms with Gasteiger partial charge in [0.2, 0.25) is 5.91 Å². The van der Waals surface area contributed by atoms with Gasteiger partial charge in [0.1, 0.15) is 19.3 Å². The first kappa shape index (κ1) is 22.7. The summed E-state index contributed by atoms with van der Waals surface area (Å²) in [4.78, 5) is 37.1. The van der Waals surface area contributed by atoms with Gasteiger partial charge in [0.15, 0.2) is 0 Å². The second-order valence-corrected chi connectivity index (χ2v) is 7.59. The molecule has 0 spiro atoms. The van der Waals surface area contributed by atoms with Gasteiger partial charge in [-0.25, -0.2) is 4.79 Å². The number of aliphatic carboxylic acids is 1. The van der Waals surface area contributed by atoms with Crippen LogP contribution in [-0.2, 0) is 25.7 Å². The third kappa shape index (κ3) is 7.73. The van der Waals surface area contributed by atoms with Crippen LogP contribution in [-0.4, -0.2) is 59.8 Å². The van der Waals surface area contributed by atoms with E-state index in [-0.39, 0.29) is 25.2 Å². The van der Waals surface area contributed by atoms with Gasteiger partial charge in [-0.1, -0.05) is 44.2 Å². The summed E-state index contributed by atoms with van der Waals surface area (Å²) in [5, 5.41) is 11.1. The molecule has 1 heterocycles. The highest BCUT2D eigenvalue weighted by atomic mass is 16.6. The SMILES string of the molecule is CC(C)CC(OCC1CCCN1C(=O)OCc1ccccc1)C(=O)NCC(=O)O. The van der Waals surface area contributed by atoms with Crippen LogP contribution in [0.5, 0.6) is 0 Å². The smallest absolute Gasteiger partial charge is 0.410 e. The van der Waals surface area contributed by atoms with Crippen molar-refractivity contribution in [3.8, 4) is 0 Å². The van der Waals surface area contributed by atoms with Crippen LogP contribution in [0.3, 0.4) is 0 Å². The maximum absolute atomic E-state index is 12.5. The summed E-state index contributed by atoms with van der Waals surface area (Å²) in [7, 11) is 0. The Morgan fingerprint density at radius 2 is 1.97 bits per heavy atom. The zero-order valence-electron chi connectivity index (χ0n) is 17.0. The molecule has 29 heavy (non-hydrogen) atoms. The van der Waals surface area contributed by atoms with E-state index in [0.717, 1.165) is 18.4 Å². The normalized spacial score (nSPS) is 17.2. The molecule has 2 atom stereocenters. The Bertz CT molecular complexity index is 679. The van der Waals surface area contributed by atoms with Crippen molar-refractivity contribution < 1.29 is 29.0 Å². The molecule has 0 aliphatic carbocycles. The molecular weight excluding hydrogens is 376 g/mol. The number of nitrogens with zero attached hydrogens (tertiary/aromatic N) is 1. The van der Waals surface area contributed by atoms with Crippen molar-refractivity contribution in [2.24, 2.45) is 5.92 Å². The molecule has 1 aromatic rings. The summed E-state index contributed by atoms with van der Waals surface area (Å²) in [6.07, 6.45) is 0.935. The van der Waals surface area contributed by atoms with E-state index in [0.29, 0.717) is 13.0 Å². The van der Waals surface area contributed by atoms with Gasteiger partial charge < -0.3 is 24.8 Å². The lowest BCUT2D eigenvalue weighted by Gasteiger charge is -2.26. The minimum Gasteiger partial charge on any atom is -0.480 e. The van der Waals surface area contributed by atoms with Gasteiger partial charge in [-0.15, -0.1) is 0 Å². The lowest BCUT2D eigenvalue weighted by atomic mass is 10.1. The number of likely N-dealkylation sites (tertiary alicyclic amines) is 1. The zero-order valence-corrected chi connectivity index (χ0v) is 17.0. The molecule has 2 unspecified atom stereocenters. The molecule has 1 aliphatic rings. The predicted molar refractivity (Wildman–Crippen MR) is 106 cm³/mol. The first-order valence-electron chi connectivity index (χ1n) is 9.95. The van der Waals surface area contributed by atoms with Crippen molar-refractivity contribution >= 4 is 18.0 Å². The fraction of sp³-hybridized carbons (Fsp3) is 0.571. The van der Waals surface area contributed by atoms with Gasteiger partial charge in [-0.2, -0.15) is 0 Å². The van der Waals surface area contributed by atoms with Crippen LogP contribution in [0.2, 0.25) is 0 Å². The summed E-state index contributed by atoms with van der Waals surface area (Å²) in [5.41, 5.74) is 0.917. The lowest BCUT2D eigenvalue weighted by Crippen LogP contribution is -2.43. The van der Waals surface area contributed by atoms with Crippen LogP contribution >= 0.6 is 0 Å². The number of carboxylic acids is 1. The Hall–Kier alpha value is -2.61. The number of hydrogen-bond donors (Lipinski definition) is 2. The van der Waals surface area contributed by atoms with E-state index < -0.39 is 30.6 Å². The summed E-state index contributed by atoms with van der Waals surface area (Å²) < 4.78 is 11.2. The maximum Gasteiger partial charge on any atom is 0.410 e. The Morgan fingerprint density at radius 1 is 1.24 bits per heavy atom. The van der Waals surface area contributed by atoms with E-state index in [1.54, 1.807) is 4.90 Å². The molecule has 0 aromatic heterocycles. The van der Waals surface area contributed by atoms with Crippen molar-refractivity contribution in [2.45, 2.75) is 51.9 Å². The van der Waals surface area contributed by atoms with Gasteiger partial charge in [-0.05, 0) is 30.7 Å². The number of carbonyl (C=O) groups excluding carboxylic acids is 2. The van der Waals surface area contributed by atoms with E-state index in [2.05, 4.69) is 5.32 Å². The monoisotopic (exact) mass is 406 g/mol. The molecule has 0 saturated carbocycles. The van der Waals surface area contributed by atoms with E-state index in [9.17, 15) is 14.4 Å². The fourth-order valence-corrected chi connectivity index (χ4v) is 3.23. The van der Waals surface area contributed by atoms with Crippen LogP contribution in [0, 0.1) is 5.92 Å². The van der Waals surface area contributed by atoms with Crippen molar-refractivity contribution in [1.29, 1.82) is 0 Å². The second-order valence-electron chi connectivity index (χ2n) is 7.59. The topological polar surface area (TPSA) is 105 Å². The molecular formula is C21H30N2O6. The van der Waals surface area contributed by atoms with Crippen LogP contribution in [0.1, 0.15) is 38.7 Å². The average molecular weight is 406 g/mol. The highest BCUT2D eigenvalue weighted by molar-refractivity contribution is 5.84. The molecule has 0 bridgehead atoms. The number of carbonyl (C=O) groups is 3. The number of nitrogens with one attached hydrogen (secondary N) is 1. The van der Waals surface area contributed by atoms with Gasteiger partial charge in [0.25, 0.3) is 0 Å². The zero-order chi connectivity index (χ0) is 21.2. The van der Waals surface area contributed by atoms with Crippen LogP contribution in [0.15, 0.2) is 30.3 Å². The summed E-state index contributed by atoms with van der Waals surface area (Å²) in [6.45, 7) is 4.48. The van der Waals surface area contributed by atoms with Crippen LogP contribution in [0.25, 0.3) is 0 Å². The van der Waals surface area contributed by atoms with Crippen molar-refractivity contribution in [3.05, 3.63) is 35.9 Å². The number of rotatable bonds is 10. The Balaban J connectivity index is 1.87. The van der Waals surface area contributed by atoms with Gasteiger partial charge in [0.05, 0.1) is 12.6 Å². The number of carboxylic acid groups (broad SMARTS) is 1. The summed E-state index contributed by atoms with van der Waals surface area (Å²) >= 11 is 0. The van der Waals surface area contributed by atoms with E-state index in [1.807, 2.05) is 44.2 Å². The van der Waals surface area contributed by atoms with Gasteiger partial charge in [0, 0.05) is 6.54 Å². The first-order valence-corrected chi connectivity index (χ1v) is 9.95. The standard InChI is InChI=1S/C21H30N2O6/c1-15(2)11-18(20(26)22-12-19(24)25)28-14-17-9-6-10-23(17)21(27)29-13-16-7-4-3-5-8-16/h3-5,7-8,15,17-18H,6,9-14H2,1-2H3,(H,22,26)(H,24,25). The molecule has 2 N–H and O–H groups in total. The Kier molecular flexibility index (Phi) is 8.92. The molecule has 2 amide bonds. The molecule has 8 heteroatoms. The lowest BCUT2D eigenvalue weighted by molar-refractivity contribution is -0.141. The largest absolute Gasteiger partial charge is 0.480 e. The number of benzene rings is 1. The van der Waals surface area contributed by atoms with Crippen molar-refractivity contribution in [3.63, 3.8) is 0 Å². The third-order valence-electron chi connectivity index (χ3n) is 4.70. The Labute approximate surface area is 171 Å². The summed E-state index contributed by atoms with van der Waals surface area (Å²) in [5.74, 6) is -1.35. The van der Waals surface area contributed by atoms with Gasteiger partial charge in [-0.3, -0.25) is 9.59 Å². The first-order chi connectivity index (χ1) is 13.9. The number of ether oxygens (including phenoxy) is 2. The molecule has 1 aromatic carbocycles. The fourth-order valence-electron chi connectivity index (χ4n) is 3.23.